The van der Waals surface area contributed by atoms with Crippen LogP contribution in [0.3, 0.4) is 0 Å². The summed E-state index contributed by atoms with van der Waals surface area (Å²) in [6.45, 7) is 0. The highest BCUT2D eigenvalue weighted by Gasteiger charge is 2.16. The number of hydrogen-bond donors (Lipinski definition) is 0. The van der Waals surface area contributed by atoms with E-state index in [1.54, 1.807) is 7.11 Å². The van der Waals surface area contributed by atoms with E-state index in [9.17, 15) is 0 Å². The van der Waals surface area contributed by atoms with E-state index in [-0.39, 0.29) is 4.83 Å². The van der Waals surface area contributed by atoms with Crippen molar-refractivity contribution in [1.82, 2.24) is 9.78 Å². The minimum atomic E-state index is 0.0473. The molecule has 106 valence electrons. The second-order valence-corrected chi connectivity index (χ2v) is 5.57. The molecule has 0 radical (unpaired) electrons. The van der Waals surface area contributed by atoms with E-state index >= 15 is 0 Å². The Hall–Kier alpha value is -2.07. The lowest BCUT2D eigenvalue weighted by Gasteiger charge is -2.12. The lowest BCUT2D eigenvalue weighted by atomic mass is 10.1. The van der Waals surface area contributed by atoms with Crippen LogP contribution in [0.1, 0.15) is 16.0 Å². The van der Waals surface area contributed by atoms with Gasteiger partial charge in [-0.3, -0.25) is 0 Å². The first kappa shape index (κ1) is 13.9. The van der Waals surface area contributed by atoms with Crippen molar-refractivity contribution >= 4 is 15.9 Å². The number of benzene rings is 2. The van der Waals surface area contributed by atoms with Gasteiger partial charge in [-0.15, -0.1) is 0 Å². The van der Waals surface area contributed by atoms with Crippen molar-refractivity contribution in [2.75, 3.05) is 7.11 Å². The van der Waals surface area contributed by atoms with Gasteiger partial charge in [0.25, 0.3) is 0 Å². The number of aromatic nitrogens is 2. The maximum atomic E-state index is 5.42. The molecule has 1 aromatic heterocycles. The van der Waals surface area contributed by atoms with Crippen LogP contribution in [-0.4, -0.2) is 16.9 Å². The third-order valence-corrected chi connectivity index (χ3v) is 4.35. The second kappa shape index (κ2) is 6.14. The lowest BCUT2D eigenvalue weighted by Crippen LogP contribution is -1.96. The Morgan fingerprint density at radius 2 is 1.76 bits per heavy atom. The van der Waals surface area contributed by atoms with Crippen LogP contribution in [0.2, 0.25) is 0 Å². The Bertz CT molecular complexity index is 724. The average Bonchev–Trinajstić information content (AvgIpc) is 3.05. The molecule has 3 aromatic rings. The molecule has 0 saturated carbocycles. The molecule has 1 unspecified atom stereocenters. The second-order valence-electron chi connectivity index (χ2n) is 4.66. The minimum absolute atomic E-state index is 0.0473. The summed E-state index contributed by atoms with van der Waals surface area (Å²) in [4.78, 5) is 0.0473. The molecule has 0 aliphatic carbocycles. The predicted molar refractivity (Wildman–Crippen MR) is 87.3 cm³/mol. The SMILES string of the molecule is COc1ccccc1C(Br)c1cnn(-c2ccccc2)c1. The van der Waals surface area contributed by atoms with Crippen LogP contribution in [0.15, 0.2) is 67.0 Å². The predicted octanol–water partition coefficient (Wildman–Crippen LogP) is 4.37. The first-order chi connectivity index (χ1) is 10.3. The molecule has 3 rings (SSSR count). The van der Waals surface area contributed by atoms with Crippen molar-refractivity contribution in [1.29, 1.82) is 0 Å². The third kappa shape index (κ3) is 2.85. The zero-order chi connectivity index (χ0) is 14.7. The van der Waals surface area contributed by atoms with Crippen LogP contribution < -0.4 is 4.74 Å². The first-order valence-corrected chi connectivity index (χ1v) is 7.58. The van der Waals surface area contributed by atoms with Gasteiger partial charge in [0.15, 0.2) is 0 Å². The molecule has 21 heavy (non-hydrogen) atoms. The van der Waals surface area contributed by atoms with Crippen LogP contribution in [0.25, 0.3) is 5.69 Å². The summed E-state index contributed by atoms with van der Waals surface area (Å²) in [6.07, 6.45) is 3.90. The molecular formula is C17H15BrN2O. The molecule has 0 spiro atoms. The third-order valence-electron chi connectivity index (χ3n) is 3.33. The topological polar surface area (TPSA) is 27.1 Å². The number of para-hydroxylation sites is 2. The summed E-state index contributed by atoms with van der Waals surface area (Å²) < 4.78 is 7.30. The van der Waals surface area contributed by atoms with Crippen molar-refractivity contribution in [2.45, 2.75) is 4.83 Å². The number of halogens is 1. The molecule has 2 aromatic carbocycles. The molecule has 4 heteroatoms. The van der Waals surface area contributed by atoms with Gasteiger partial charge >= 0.3 is 0 Å². The average molecular weight is 343 g/mol. The summed E-state index contributed by atoms with van der Waals surface area (Å²) in [7, 11) is 1.69. The first-order valence-electron chi connectivity index (χ1n) is 6.66. The maximum absolute atomic E-state index is 5.42. The Labute approximate surface area is 132 Å². The van der Waals surface area contributed by atoms with Crippen molar-refractivity contribution in [2.24, 2.45) is 0 Å². The van der Waals surface area contributed by atoms with Crippen molar-refractivity contribution in [3.05, 3.63) is 78.1 Å². The van der Waals surface area contributed by atoms with Crippen molar-refractivity contribution in [3.8, 4) is 11.4 Å². The highest BCUT2D eigenvalue weighted by molar-refractivity contribution is 9.09. The quantitative estimate of drug-likeness (QED) is 0.658. The highest BCUT2D eigenvalue weighted by Crippen LogP contribution is 2.36. The number of rotatable bonds is 4. The van der Waals surface area contributed by atoms with E-state index in [1.165, 1.54) is 0 Å². The van der Waals surface area contributed by atoms with Crippen molar-refractivity contribution in [3.63, 3.8) is 0 Å². The fourth-order valence-corrected chi connectivity index (χ4v) is 2.86. The standard InChI is InChI=1S/C17H15BrN2O/c1-21-16-10-6-5-9-15(16)17(18)13-11-19-20(12-13)14-7-3-2-4-8-14/h2-12,17H,1H3. The van der Waals surface area contributed by atoms with E-state index in [0.717, 1.165) is 22.6 Å². The number of methoxy groups -OCH3 is 1. The zero-order valence-electron chi connectivity index (χ0n) is 11.6. The van der Waals surface area contributed by atoms with Crippen LogP contribution in [0.4, 0.5) is 0 Å². The minimum Gasteiger partial charge on any atom is -0.496 e. The molecular weight excluding hydrogens is 328 g/mol. The fourth-order valence-electron chi connectivity index (χ4n) is 2.24. The Morgan fingerprint density at radius 1 is 1.05 bits per heavy atom. The summed E-state index contributed by atoms with van der Waals surface area (Å²) in [5, 5.41) is 4.43. The zero-order valence-corrected chi connectivity index (χ0v) is 13.2. The fraction of sp³-hybridized carbons (Fsp3) is 0.118. The molecule has 0 N–H and O–H groups in total. The van der Waals surface area contributed by atoms with E-state index in [4.69, 9.17) is 4.74 Å². The summed E-state index contributed by atoms with van der Waals surface area (Å²) in [6, 6.07) is 18.1. The number of alkyl halides is 1. The lowest BCUT2D eigenvalue weighted by molar-refractivity contribution is 0.410. The Balaban J connectivity index is 1.93. The molecule has 1 heterocycles. The number of hydrogen-bond acceptors (Lipinski definition) is 2. The summed E-state index contributed by atoms with van der Waals surface area (Å²) >= 11 is 3.74. The van der Waals surface area contributed by atoms with E-state index < -0.39 is 0 Å². The molecule has 0 saturated heterocycles. The summed E-state index contributed by atoms with van der Waals surface area (Å²) in [5.41, 5.74) is 3.22. The molecule has 0 amide bonds. The van der Waals surface area contributed by atoms with Gasteiger partial charge in [0, 0.05) is 17.3 Å². The van der Waals surface area contributed by atoms with Crippen molar-refractivity contribution < 1.29 is 4.74 Å². The van der Waals surface area contributed by atoms with Gasteiger partial charge in [-0.05, 0) is 18.2 Å². The largest absolute Gasteiger partial charge is 0.496 e. The van der Waals surface area contributed by atoms with E-state index in [0.29, 0.717) is 0 Å². The van der Waals surface area contributed by atoms with Gasteiger partial charge in [0.1, 0.15) is 5.75 Å². The van der Waals surface area contributed by atoms with Gasteiger partial charge < -0.3 is 4.74 Å². The van der Waals surface area contributed by atoms with Crippen LogP contribution in [0.5, 0.6) is 5.75 Å². The molecule has 0 fully saturated rings. The maximum Gasteiger partial charge on any atom is 0.123 e. The number of nitrogens with zero attached hydrogens (tertiary/aromatic N) is 2. The molecule has 3 nitrogen and oxygen atoms in total. The molecule has 0 aliphatic rings. The smallest absolute Gasteiger partial charge is 0.123 e. The van der Waals surface area contributed by atoms with Crippen LogP contribution in [0, 0.1) is 0 Å². The van der Waals surface area contributed by atoms with Crippen LogP contribution in [-0.2, 0) is 0 Å². The van der Waals surface area contributed by atoms with Gasteiger partial charge in [-0.2, -0.15) is 5.10 Å². The van der Waals surface area contributed by atoms with Gasteiger partial charge in [0.05, 0.1) is 23.8 Å². The van der Waals surface area contributed by atoms with Gasteiger partial charge in [-0.25, -0.2) is 4.68 Å². The number of ether oxygens (including phenoxy) is 1. The Morgan fingerprint density at radius 3 is 2.52 bits per heavy atom. The normalized spacial score (nSPS) is 12.1. The van der Waals surface area contributed by atoms with E-state index in [1.807, 2.05) is 65.6 Å². The highest BCUT2D eigenvalue weighted by atomic mass is 79.9. The monoisotopic (exact) mass is 342 g/mol. The Kier molecular flexibility index (Phi) is 4.06. The van der Waals surface area contributed by atoms with Gasteiger partial charge in [0.2, 0.25) is 0 Å². The molecule has 0 bridgehead atoms. The van der Waals surface area contributed by atoms with Crippen LogP contribution >= 0.6 is 15.9 Å². The van der Waals surface area contributed by atoms with E-state index in [2.05, 4.69) is 27.1 Å². The molecule has 1 atom stereocenters. The summed E-state index contributed by atoms with van der Waals surface area (Å²) in [5.74, 6) is 0.867. The van der Waals surface area contributed by atoms with Gasteiger partial charge in [-0.1, -0.05) is 52.3 Å². The molecule has 0 aliphatic heterocycles.